The third-order valence-corrected chi connectivity index (χ3v) is 3.00. The molecular formula is C16H24N2. The average molecular weight is 244 g/mol. The molecule has 2 nitrogen and oxygen atoms in total. The highest BCUT2D eigenvalue weighted by molar-refractivity contribution is 5.43. The van der Waals surface area contributed by atoms with Gasteiger partial charge in [-0.25, -0.2) is 9.98 Å². The van der Waals surface area contributed by atoms with Crippen LogP contribution in [0.25, 0.3) is 0 Å². The van der Waals surface area contributed by atoms with Crippen molar-refractivity contribution in [2.75, 3.05) is 6.54 Å². The Balaban J connectivity index is 2.47. The molecule has 0 saturated carbocycles. The summed E-state index contributed by atoms with van der Waals surface area (Å²) in [4.78, 5) is 8.66. The van der Waals surface area contributed by atoms with Crippen molar-refractivity contribution in [3.63, 3.8) is 0 Å². The van der Waals surface area contributed by atoms with Gasteiger partial charge >= 0.3 is 0 Å². The van der Waals surface area contributed by atoms with Crippen molar-refractivity contribution in [3.05, 3.63) is 35.9 Å². The Hall–Kier alpha value is -1.40. The van der Waals surface area contributed by atoms with Gasteiger partial charge in [0.25, 0.3) is 0 Å². The molecule has 0 aliphatic carbocycles. The van der Waals surface area contributed by atoms with Gasteiger partial charge < -0.3 is 0 Å². The Morgan fingerprint density at radius 3 is 2.44 bits per heavy atom. The van der Waals surface area contributed by atoms with E-state index < -0.39 is 0 Å². The molecule has 2 heteroatoms. The van der Waals surface area contributed by atoms with Crippen LogP contribution in [0, 0.1) is 0 Å². The van der Waals surface area contributed by atoms with Crippen LogP contribution in [-0.4, -0.2) is 12.6 Å². The van der Waals surface area contributed by atoms with E-state index >= 15 is 0 Å². The summed E-state index contributed by atoms with van der Waals surface area (Å²) in [6.45, 7) is 7.23. The highest BCUT2D eigenvalue weighted by Gasteiger charge is 2.17. The van der Waals surface area contributed by atoms with E-state index in [9.17, 15) is 0 Å². The van der Waals surface area contributed by atoms with Crippen LogP contribution in [0.1, 0.15) is 52.0 Å². The predicted octanol–water partition coefficient (Wildman–Crippen LogP) is 4.68. The predicted molar refractivity (Wildman–Crippen MR) is 78.3 cm³/mol. The monoisotopic (exact) mass is 244 g/mol. The van der Waals surface area contributed by atoms with Gasteiger partial charge in [-0.05, 0) is 25.8 Å². The van der Waals surface area contributed by atoms with E-state index in [1.807, 2.05) is 18.2 Å². The van der Waals surface area contributed by atoms with Gasteiger partial charge in [-0.2, -0.15) is 0 Å². The number of benzene rings is 1. The number of hydrogen-bond acceptors (Lipinski definition) is 2. The van der Waals surface area contributed by atoms with Crippen molar-refractivity contribution in [3.8, 4) is 0 Å². The maximum absolute atomic E-state index is 4.43. The summed E-state index contributed by atoms with van der Waals surface area (Å²) in [5, 5.41) is 0. The van der Waals surface area contributed by atoms with Crippen molar-refractivity contribution in [1.29, 1.82) is 0 Å². The fourth-order valence-electron chi connectivity index (χ4n) is 1.74. The molecule has 0 spiro atoms. The molecule has 0 bridgehead atoms. The smallest absolute Gasteiger partial charge is 0.0910 e. The van der Waals surface area contributed by atoms with Crippen LogP contribution in [0.5, 0.6) is 0 Å². The van der Waals surface area contributed by atoms with Gasteiger partial charge in [0.15, 0.2) is 0 Å². The summed E-state index contributed by atoms with van der Waals surface area (Å²) in [6, 6.07) is 13.1. The van der Waals surface area contributed by atoms with Crippen LogP contribution in [0.3, 0.4) is 0 Å². The van der Waals surface area contributed by atoms with Gasteiger partial charge in [0.2, 0.25) is 0 Å². The first-order chi connectivity index (χ1) is 8.67. The summed E-state index contributed by atoms with van der Waals surface area (Å²) in [6.07, 6.45) is 4.95. The zero-order chi connectivity index (χ0) is 13.3. The van der Waals surface area contributed by atoms with Gasteiger partial charge in [0, 0.05) is 6.54 Å². The molecular weight excluding hydrogens is 220 g/mol. The third kappa shape index (κ3) is 5.29. The van der Waals surface area contributed by atoms with Crippen molar-refractivity contribution in [1.82, 2.24) is 0 Å². The van der Waals surface area contributed by atoms with Crippen LogP contribution in [-0.2, 0) is 5.54 Å². The fraction of sp³-hybridized carbons (Fsp3) is 0.562. The maximum Gasteiger partial charge on any atom is 0.0910 e. The Morgan fingerprint density at radius 1 is 1.06 bits per heavy atom. The molecule has 0 unspecified atom stereocenters. The molecule has 18 heavy (non-hydrogen) atoms. The third-order valence-electron chi connectivity index (χ3n) is 3.00. The van der Waals surface area contributed by atoms with E-state index in [4.69, 9.17) is 0 Å². The molecule has 0 fully saturated rings. The molecule has 1 rings (SSSR count). The normalized spacial score (nSPS) is 10.8. The lowest BCUT2D eigenvalue weighted by atomic mass is 9.95. The molecule has 0 aromatic heterocycles. The van der Waals surface area contributed by atoms with Gasteiger partial charge in [-0.1, -0.05) is 56.5 Å². The van der Waals surface area contributed by atoms with E-state index in [1.165, 1.54) is 24.8 Å². The summed E-state index contributed by atoms with van der Waals surface area (Å²) in [7, 11) is 0. The topological polar surface area (TPSA) is 24.7 Å². The van der Waals surface area contributed by atoms with Crippen molar-refractivity contribution in [2.24, 2.45) is 9.98 Å². The fourth-order valence-corrected chi connectivity index (χ4v) is 1.74. The first kappa shape index (κ1) is 14.7. The Morgan fingerprint density at radius 2 is 1.78 bits per heavy atom. The van der Waals surface area contributed by atoms with E-state index in [0.717, 1.165) is 13.0 Å². The second kappa shape index (κ2) is 7.84. The van der Waals surface area contributed by atoms with Crippen molar-refractivity contribution < 1.29 is 0 Å². The minimum atomic E-state index is -0.242. The maximum atomic E-state index is 4.43. The van der Waals surface area contributed by atoms with E-state index in [0.29, 0.717) is 0 Å². The molecule has 0 saturated heterocycles. The first-order valence-corrected chi connectivity index (χ1v) is 6.85. The van der Waals surface area contributed by atoms with Crippen LogP contribution in [0.2, 0.25) is 0 Å². The lowest BCUT2D eigenvalue weighted by Crippen LogP contribution is -2.12. The minimum Gasteiger partial charge on any atom is -0.226 e. The van der Waals surface area contributed by atoms with E-state index in [-0.39, 0.29) is 5.54 Å². The SMILES string of the molecule is CCCCCCN=C=NC(C)(C)c1ccccc1. The summed E-state index contributed by atoms with van der Waals surface area (Å²) < 4.78 is 0. The van der Waals surface area contributed by atoms with Crippen LogP contribution < -0.4 is 0 Å². The zero-order valence-electron chi connectivity index (χ0n) is 11.8. The van der Waals surface area contributed by atoms with Gasteiger partial charge in [-0.3, -0.25) is 0 Å². The molecule has 0 aliphatic rings. The Bertz CT molecular complexity index is 387. The lowest BCUT2D eigenvalue weighted by Gasteiger charge is -2.17. The standard InChI is InChI=1S/C16H24N2/c1-4-5-6-10-13-17-14-18-16(2,3)15-11-8-7-9-12-15/h7-9,11-12H,4-6,10,13H2,1-3H3. The molecule has 0 radical (unpaired) electrons. The first-order valence-electron chi connectivity index (χ1n) is 6.85. The molecule has 98 valence electrons. The molecule has 1 aromatic carbocycles. The van der Waals surface area contributed by atoms with Gasteiger partial charge in [0.1, 0.15) is 0 Å². The second-order valence-corrected chi connectivity index (χ2v) is 5.08. The van der Waals surface area contributed by atoms with Crippen LogP contribution >= 0.6 is 0 Å². The van der Waals surface area contributed by atoms with Crippen LogP contribution in [0.4, 0.5) is 0 Å². The van der Waals surface area contributed by atoms with Crippen molar-refractivity contribution in [2.45, 2.75) is 52.0 Å². The quantitative estimate of drug-likeness (QED) is 0.491. The highest BCUT2D eigenvalue weighted by atomic mass is 14.9. The second-order valence-electron chi connectivity index (χ2n) is 5.08. The molecule has 0 aliphatic heterocycles. The number of rotatable bonds is 7. The van der Waals surface area contributed by atoms with Crippen LogP contribution in [0.15, 0.2) is 40.3 Å². The zero-order valence-corrected chi connectivity index (χ0v) is 11.8. The van der Waals surface area contributed by atoms with E-state index in [1.54, 1.807) is 0 Å². The summed E-state index contributed by atoms with van der Waals surface area (Å²) in [5.74, 6) is 0. The number of hydrogen-bond donors (Lipinski definition) is 0. The number of aliphatic imine (C=N–C) groups is 2. The Labute approximate surface area is 111 Å². The summed E-state index contributed by atoms with van der Waals surface area (Å²) >= 11 is 0. The minimum absolute atomic E-state index is 0.242. The van der Waals surface area contributed by atoms with Crippen molar-refractivity contribution >= 4 is 6.01 Å². The molecule has 1 aromatic rings. The molecule has 0 atom stereocenters. The molecule has 0 amide bonds. The average Bonchev–Trinajstić information content (AvgIpc) is 2.39. The largest absolute Gasteiger partial charge is 0.226 e. The lowest BCUT2D eigenvalue weighted by molar-refractivity contribution is 0.561. The Kier molecular flexibility index (Phi) is 6.38. The molecule has 0 heterocycles. The highest BCUT2D eigenvalue weighted by Crippen LogP contribution is 2.23. The summed E-state index contributed by atoms with van der Waals surface area (Å²) in [5.41, 5.74) is 0.951. The molecule has 0 N–H and O–H groups in total. The van der Waals surface area contributed by atoms with Gasteiger partial charge in [-0.15, -0.1) is 0 Å². The number of unbranched alkanes of at least 4 members (excludes halogenated alkanes) is 3. The van der Waals surface area contributed by atoms with E-state index in [2.05, 4.69) is 48.9 Å². The van der Waals surface area contributed by atoms with Gasteiger partial charge in [0.05, 0.1) is 11.5 Å². The number of nitrogens with zero attached hydrogens (tertiary/aromatic N) is 2.